The van der Waals surface area contributed by atoms with E-state index in [9.17, 15) is 9.59 Å². The molecular formula is C24H17Br2NO3S. The molecular weight excluding hydrogens is 542 g/mol. The lowest BCUT2D eigenvalue weighted by molar-refractivity contribution is -0.123. The minimum Gasteiger partial charge on any atom is -0.488 e. The van der Waals surface area contributed by atoms with E-state index in [1.165, 1.54) is 4.90 Å². The second kappa shape index (κ2) is 9.85. The van der Waals surface area contributed by atoms with Gasteiger partial charge in [0.15, 0.2) is 0 Å². The fourth-order valence-corrected chi connectivity index (χ4v) is 4.69. The Balaban J connectivity index is 1.56. The van der Waals surface area contributed by atoms with Gasteiger partial charge in [0.1, 0.15) is 12.4 Å². The van der Waals surface area contributed by atoms with Gasteiger partial charge in [0.05, 0.1) is 11.4 Å². The average Bonchev–Trinajstić information content (AvgIpc) is 3.03. The van der Waals surface area contributed by atoms with Crippen LogP contribution in [0, 0.1) is 0 Å². The summed E-state index contributed by atoms with van der Waals surface area (Å²) in [5, 5.41) is -0.284. The molecule has 0 bridgehead atoms. The lowest BCUT2D eigenvalue weighted by Crippen LogP contribution is -2.27. The quantitative estimate of drug-likeness (QED) is 0.305. The third-order valence-corrected chi connectivity index (χ3v) is 6.83. The molecule has 0 N–H and O–H groups in total. The van der Waals surface area contributed by atoms with Gasteiger partial charge in [-0.25, -0.2) is 0 Å². The van der Waals surface area contributed by atoms with E-state index >= 15 is 0 Å². The Hall–Kier alpha value is -2.35. The maximum Gasteiger partial charge on any atom is 0.293 e. The minimum atomic E-state index is -0.306. The topological polar surface area (TPSA) is 46.6 Å². The summed E-state index contributed by atoms with van der Waals surface area (Å²) in [4.78, 5) is 27.1. The first kappa shape index (κ1) is 21.9. The van der Waals surface area contributed by atoms with Gasteiger partial charge in [0.2, 0.25) is 0 Å². The molecule has 1 aliphatic rings. The summed E-state index contributed by atoms with van der Waals surface area (Å²) in [6.45, 7) is 0.631. The van der Waals surface area contributed by atoms with Gasteiger partial charge in [-0.05, 0) is 53.2 Å². The van der Waals surface area contributed by atoms with Crippen LogP contribution in [0.25, 0.3) is 6.08 Å². The van der Waals surface area contributed by atoms with Crippen molar-refractivity contribution < 1.29 is 14.3 Å². The molecule has 0 spiro atoms. The third-order valence-electron chi connectivity index (χ3n) is 4.66. The molecule has 3 aromatic rings. The number of ether oxygens (including phenoxy) is 1. The Morgan fingerprint density at radius 2 is 1.68 bits per heavy atom. The van der Waals surface area contributed by atoms with Crippen molar-refractivity contribution in [2.45, 2.75) is 13.2 Å². The maximum atomic E-state index is 13.0. The number of carbonyl (C=O) groups is 2. The zero-order valence-electron chi connectivity index (χ0n) is 16.3. The Labute approximate surface area is 201 Å². The normalized spacial score (nSPS) is 15.0. The zero-order valence-corrected chi connectivity index (χ0v) is 20.2. The van der Waals surface area contributed by atoms with Crippen molar-refractivity contribution in [2.24, 2.45) is 0 Å². The van der Waals surface area contributed by atoms with Crippen molar-refractivity contribution in [2.75, 3.05) is 0 Å². The number of hydrogen-bond donors (Lipinski definition) is 0. The fraction of sp³-hybridized carbons (Fsp3) is 0.0833. The van der Waals surface area contributed by atoms with Gasteiger partial charge in [-0.2, -0.15) is 0 Å². The van der Waals surface area contributed by atoms with E-state index in [1.54, 1.807) is 6.08 Å². The van der Waals surface area contributed by atoms with E-state index in [0.29, 0.717) is 17.3 Å². The molecule has 0 aliphatic carbocycles. The SMILES string of the molecule is O=C1S/C(=C\c2cc(Br)ccc2OCc2ccccc2)C(=O)N1Cc1ccccc1Br. The molecule has 0 radical (unpaired) electrons. The van der Waals surface area contributed by atoms with E-state index in [4.69, 9.17) is 4.74 Å². The lowest BCUT2D eigenvalue weighted by atomic mass is 10.1. The molecule has 4 nitrogen and oxygen atoms in total. The van der Waals surface area contributed by atoms with Crippen molar-refractivity contribution >= 4 is 60.8 Å². The second-order valence-electron chi connectivity index (χ2n) is 6.82. The molecule has 2 amide bonds. The van der Waals surface area contributed by atoms with Crippen LogP contribution in [0.15, 0.2) is 86.6 Å². The van der Waals surface area contributed by atoms with Gasteiger partial charge in [0.25, 0.3) is 11.1 Å². The van der Waals surface area contributed by atoms with E-state index in [0.717, 1.165) is 37.4 Å². The molecule has 1 saturated heterocycles. The molecule has 4 rings (SSSR count). The third kappa shape index (κ3) is 5.29. The Kier molecular flexibility index (Phi) is 6.95. The molecule has 0 unspecified atom stereocenters. The number of rotatable bonds is 6. The summed E-state index contributed by atoms with van der Waals surface area (Å²) in [6.07, 6.45) is 1.72. The molecule has 1 aliphatic heterocycles. The van der Waals surface area contributed by atoms with Crippen LogP contribution in [0.2, 0.25) is 0 Å². The van der Waals surface area contributed by atoms with Crippen LogP contribution in [0.5, 0.6) is 5.75 Å². The second-order valence-corrected chi connectivity index (χ2v) is 9.58. The van der Waals surface area contributed by atoms with Crippen molar-refractivity contribution in [3.8, 4) is 5.75 Å². The largest absolute Gasteiger partial charge is 0.488 e. The van der Waals surface area contributed by atoms with E-state index in [1.807, 2.05) is 72.8 Å². The molecule has 31 heavy (non-hydrogen) atoms. The molecule has 1 fully saturated rings. The molecule has 1 heterocycles. The number of nitrogens with zero attached hydrogens (tertiary/aromatic N) is 1. The number of amides is 2. The van der Waals surface area contributed by atoms with Crippen LogP contribution in [0.4, 0.5) is 4.79 Å². The smallest absolute Gasteiger partial charge is 0.293 e. The van der Waals surface area contributed by atoms with Crippen LogP contribution < -0.4 is 4.74 Å². The van der Waals surface area contributed by atoms with Crippen molar-refractivity contribution in [3.05, 3.63) is 103 Å². The van der Waals surface area contributed by atoms with Gasteiger partial charge in [-0.3, -0.25) is 14.5 Å². The predicted octanol–water partition coefficient (Wildman–Crippen LogP) is 7.03. The number of halogens is 2. The molecule has 0 aromatic heterocycles. The van der Waals surface area contributed by atoms with E-state index in [-0.39, 0.29) is 17.7 Å². The van der Waals surface area contributed by atoms with E-state index < -0.39 is 0 Å². The first-order chi connectivity index (χ1) is 15.0. The molecule has 7 heteroatoms. The first-order valence-corrected chi connectivity index (χ1v) is 11.9. The first-order valence-electron chi connectivity index (χ1n) is 9.46. The summed E-state index contributed by atoms with van der Waals surface area (Å²) >= 11 is 7.89. The van der Waals surface area contributed by atoms with Crippen LogP contribution >= 0.6 is 43.6 Å². The fourth-order valence-electron chi connectivity index (χ4n) is 3.07. The van der Waals surface area contributed by atoms with Crippen LogP contribution in [0.3, 0.4) is 0 Å². The zero-order chi connectivity index (χ0) is 21.8. The van der Waals surface area contributed by atoms with Gasteiger partial charge >= 0.3 is 0 Å². The molecule has 3 aromatic carbocycles. The highest BCUT2D eigenvalue weighted by Crippen LogP contribution is 2.36. The lowest BCUT2D eigenvalue weighted by Gasteiger charge is -2.13. The van der Waals surface area contributed by atoms with Crippen molar-refractivity contribution in [1.29, 1.82) is 0 Å². The molecule has 0 atom stereocenters. The van der Waals surface area contributed by atoms with Gasteiger partial charge in [-0.15, -0.1) is 0 Å². The monoisotopic (exact) mass is 557 g/mol. The number of hydrogen-bond acceptors (Lipinski definition) is 4. The highest BCUT2D eigenvalue weighted by molar-refractivity contribution is 9.10. The highest BCUT2D eigenvalue weighted by Gasteiger charge is 2.35. The van der Waals surface area contributed by atoms with E-state index in [2.05, 4.69) is 31.9 Å². The predicted molar refractivity (Wildman–Crippen MR) is 131 cm³/mol. The maximum absolute atomic E-state index is 13.0. The number of carbonyl (C=O) groups excluding carboxylic acids is 2. The summed E-state index contributed by atoms with van der Waals surface area (Å²) < 4.78 is 7.72. The Morgan fingerprint density at radius 3 is 2.45 bits per heavy atom. The minimum absolute atomic E-state index is 0.222. The number of benzene rings is 3. The summed E-state index contributed by atoms with van der Waals surface area (Å²) in [7, 11) is 0. The van der Waals surface area contributed by atoms with Crippen molar-refractivity contribution in [1.82, 2.24) is 4.90 Å². The number of imide groups is 1. The van der Waals surface area contributed by atoms with Gasteiger partial charge < -0.3 is 4.74 Å². The Morgan fingerprint density at radius 1 is 0.935 bits per heavy atom. The standard InChI is InChI=1S/C24H17Br2NO3S/c25-19-10-11-21(30-15-16-6-2-1-3-7-16)18(12-19)13-22-23(28)27(24(29)31-22)14-17-8-4-5-9-20(17)26/h1-13H,14-15H2/b22-13-. The highest BCUT2D eigenvalue weighted by atomic mass is 79.9. The average molecular weight is 559 g/mol. The van der Waals surface area contributed by atoms with Crippen LogP contribution in [-0.4, -0.2) is 16.0 Å². The Bertz CT molecular complexity index is 1160. The van der Waals surface area contributed by atoms with Gasteiger partial charge in [0, 0.05) is 14.5 Å². The summed E-state index contributed by atoms with van der Waals surface area (Å²) in [6, 6.07) is 23.0. The summed E-state index contributed by atoms with van der Waals surface area (Å²) in [5.74, 6) is 0.337. The van der Waals surface area contributed by atoms with Crippen molar-refractivity contribution in [3.63, 3.8) is 0 Å². The van der Waals surface area contributed by atoms with Crippen LogP contribution in [-0.2, 0) is 17.9 Å². The van der Waals surface area contributed by atoms with Gasteiger partial charge in [-0.1, -0.05) is 80.4 Å². The van der Waals surface area contributed by atoms with Crippen LogP contribution in [0.1, 0.15) is 16.7 Å². The summed E-state index contributed by atoms with van der Waals surface area (Å²) in [5.41, 5.74) is 2.65. The molecule has 156 valence electrons. The number of thioether (sulfide) groups is 1. The molecule has 0 saturated carbocycles.